The van der Waals surface area contributed by atoms with E-state index >= 15 is 0 Å². The number of rotatable bonds is 2. The monoisotopic (exact) mass is 232 g/mol. The first-order valence-corrected chi connectivity index (χ1v) is 5.37. The van der Waals surface area contributed by atoms with Crippen molar-refractivity contribution in [2.24, 2.45) is 0 Å². The van der Waals surface area contributed by atoms with Gasteiger partial charge < -0.3 is 0 Å². The average Bonchev–Trinajstić information content (AvgIpc) is 2.10. The van der Waals surface area contributed by atoms with Crippen molar-refractivity contribution in [2.75, 3.05) is 0 Å². The first-order chi connectivity index (χ1) is 6.54. The van der Waals surface area contributed by atoms with Gasteiger partial charge in [0, 0.05) is 23.1 Å². The molecule has 6 heteroatoms. The minimum absolute atomic E-state index is 0.355. The normalized spacial score (nSPS) is 24.1. The van der Waals surface area contributed by atoms with Gasteiger partial charge in [-0.3, -0.25) is 4.55 Å². The summed E-state index contributed by atoms with van der Waals surface area (Å²) in [7, 11) is 0. The van der Waals surface area contributed by atoms with Crippen LogP contribution >= 0.6 is 11.6 Å². The highest BCUT2D eigenvalue weighted by atomic mass is 35.5. The van der Waals surface area contributed by atoms with E-state index in [1.54, 1.807) is 13.0 Å². The maximum absolute atomic E-state index is 10.5. The second kappa shape index (κ2) is 4.71. The third-order valence-electron chi connectivity index (χ3n) is 1.97. The highest BCUT2D eigenvalue weighted by Crippen LogP contribution is 2.27. The third-order valence-corrected chi connectivity index (χ3v) is 2.88. The molecule has 2 unspecified atom stereocenters. The molecule has 0 aromatic carbocycles. The number of nitriles is 1. The Morgan fingerprint density at radius 3 is 3.00 bits per heavy atom. The molecule has 2 N–H and O–H groups in total. The second-order valence-corrected chi connectivity index (χ2v) is 4.05. The van der Waals surface area contributed by atoms with Crippen molar-refractivity contribution in [3.8, 4) is 6.07 Å². The van der Waals surface area contributed by atoms with Crippen molar-refractivity contribution in [3.05, 3.63) is 22.3 Å². The van der Waals surface area contributed by atoms with Crippen LogP contribution in [0.4, 0.5) is 0 Å². The summed E-state index contributed by atoms with van der Waals surface area (Å²) in [6, 6.07) is 1.67. The van der Waals surface area contributed by atoms with Crippen LogP contribution in [0.2, 0.25) is 0 Å². The number of nitrogens with zero attached hydrogens (tertiary/aromatic N) is 1. The number of hydrogen-bond donors (Lipinski definition) is 2. The SMILES string of the molecule is CC1=C(C#N)CC(NS(=O)O)C=C1Cl. The van der Waals surface area contributed by atoms with Gasteiger partial charge in [-0.25, -0.2) is 8.93 Å². The molecular weight excluding hydrogens is 224 g/mol. The van der Waals surface area contributed by atoms with Gasteiger partial charge in [-0.05, 0) is 18.6 Å². The quantitative estimate of drug-likeness (QED) is 0.708. The van der Waals surface area contributed by atoms with Crippen LogP contribution in [0.5, 0.6) is 0 Å². The molecule has 0 saturated carbocycles. The van der Waals surface area contributed by atoms with E-state index in [-0.39, 0.29) is 6.04 Å². The maximum Gasteiger partial charge on any atom is 0.232 e. The Morgan fingerprint density at radius 2 is 2.50 bits per heavy atom. The Kier molecular flexibility index (Phi) is 3.84. The molecule has 76 valence electrons. The molecule has 0 radical (unpaired) electrons. The molecule has 1 rings (SSSR count). The van der Waals surface area contributed by atoms with Gasteiger partial charge in [0.1, 0.15) is 0 Å². The Hall–Kier alpha value is -0.670. The minimum Gasteiger partial charge on any atom is -0.294 e. The highest BCUT2D eigenvalue weighted by molar-refractivity contribution is 7.77. The first kappa shape index (κ1) is 11.4. The number of hydrogen-bond acceptors (Lipinski definition) is 2. The Balaban J connectivity index is 2.85. The van der Waals surface area contributed by atoms with E-state index in [0.717, 1.165) is 5.57 Å². The molecule has 0 heterocycles. The fraction of sp³-hybridized carbons (Fsp3) is 0.375. The lowest BCUT2D eigenvalue weighted by molar-refractivity contribution is 0.538. The minimum atomic E-state index is -2.09. The van der Waals surface area contributed by atoms with Crippen molar-refractivity contribution in [1.82, 2.24) is 4.72 Å². The van der Waals surface area contributed by atoms with Crippen molar-refractivity contribution < 1.29 is 8.76 Å². The van der Waals surface area contributed by atoms with Crippen LogP contribution in [0.15, 0.2) is 22.3 Å². The number of nitrogens with one attached hydrogen (secondary N) is 1. The van der Waals surface area contributed by atoms with Gasteiger partial charge in [-0.15, -0.1) is 0 Å². The van der Waals surface area contributed by atoms with E-state index in [2.05, 4.69) is 4.72 Å². The van der Waals surface area contributed by atoms with Crippen LogP contribution in [-0.2, 0) is 11.3 Å². The zero-order valence-electron chi connectivity index (χ0n) is 7.45. The molecule has 0 aromatic rings. The molecule has 0 saturated heterocycles. The Labute approximate surface area is 89.7 Å². The molecule has 14 heavy (non-hydrogen) atoms. The van der Waals surface area contributed by atoms with Gasteiger partial charge >= 0.3 is 0 Å². The van der Waals surface area contributed by atoms with Crippen molar-refractivity contribution in [3.63, 3.8) is 0 Å². The van der Waals surface area contributed by atoms with E-state index in [0.29, 0.717) is 17.0 Å². The summed E-state index contributed by atoms with van der Waals surface area (Å²) in [6.07, 6.45) is 2.02. The largest absolute Gasteiger partial charge is 0.294 e. The van der Waals surface area contributed by atoms with Gasteiger partial charge in [-0.1, -0.05) is 11.6 Å². The van der Waals surface area contributed by atoms with Gasteiger partial charge in [0.25, 0.3) is 0 Å². The Morgan fingerprint density at radius 1 is 1.86 bits per heavy atom. The zero-order valence-corrected chi connectivity index (χ0v) is 9.02. The van der Waals surface area contributed by atoms with E-state index in [4.69, 9.17) is 21.4 Å². The standard InChI is InChI=1S/C8H9ClN2O2S/c1-5-6(4-10)2-7(3-8(5)9)11-14(12)13/h3,7,11H,2H2,1H3,(H,12,13). The lowest BCUT2D eigenvalue weighted by Crippen LogP contribution is -2.30. The van der Waals surface area contributed by atoms with E-state index in [1.165, 1.54) is 0 Å². The third kappa shape index (κ3) is 2.66. The highest BCUT2D eigenvalue weighted by Gasteiger charge is 2.19. The second-order valence-electron chi connectivity index (χ2n) is 2.91. The van der Waals surface area contributed by atoms with Crippen LogP contribution < -0.4 is 4.72 Å². The van der Waals surface area contributed by atoms with Crippen LogP contribution in [0.3, 0.4) is 0 Å². The topological polar surface area (TPSA) is 73.1 Å². The molecule has 0 aliphatic heterocycles. The van der Waals surface area contributed by atoms with Gasteiger partial charge in [0.05, 0.1) is 6.07 Å². The summed E-state index contributed by atoms with van der Waals surface area (Å²) in [6.45, 7) is 1.75. The van der Waals surface area contributed by atoms with E-state index < -0.39 is 11.3 Å². The van der Waals surface area contributed by atoms with Gasteiger partial charge in [-0.2, -0.15) is 5.26 Å². The molecule has 0 amide bonds. The molecule has 0 spiro atoms. The molecule has 0 aromatic heterocycles. The fourth-order valence-electron chi connectivity index (χ4n) is 1.21. The van der Waals surface area contributed by atoms with Crippen molar-refractivity contribution in [1.29, 1.82) is 5.26 Å². The molecule has 1 aliphatic rings. The molecule has 4 nitrogen and oxygen atoms in total. The predicted octanol–water partition coefficient (Wildman–Crippen LogP) is 1.45. The molecule has 2 atom stereocenters. The summed E-state index contributed by atoms with van der Waals surface area (Å²) in [5, 5.41) is 9.23. The van der Waals surface area contributed by atoms with Crippen LogP contribution in [0, 0.1) is 11.3 Å². The smallest absolute Gasteiger partial charge is 0.232 e. The number of allylic oxidation sites excluding steroid dienone is 2. The summed E-state index contributed by atoms with van der Waals surface area (Å²) in [5.74, 6) is 0. The molecule has 0 bridgehead atoms. The predicted molar refractivity (Wildman–Crippen MR) is 54.6 cm³/mol. The van der Waals surface area contributed by atoms with E-state index in [1.807, 2.05) is 6.07 Å². The van der Waals surface area contributed by atoms with Gasteiger partial charge in [0.2, 0.25) is 11.3 Å². The van der Waals surface area contributed by atoms with Crippen LogP contribution in [0.25, 0.3) is 0 Å². The zero-order chi connectivity index (χ0) is 10.7. The van der Waals surface area contributed by atoms with E-state index in [9.17, 15) is 4.21 Å². The maximum atomic E-state index is 10.5. The fourth-order valence-corrected chi connectivity index (χ4v) is 1.89. The summed E-state index contributed by atoms with van der Waals surface area (Å²) in [5.41, 5.74) is 1.27. The number of halogens is 1. The lowest BCUT2D eigenvalue weighted by atomic mass is 9.96. The summed E-state index contributed by atoms with van der Waals surface area (Å²) >= 11 is 3.76. The Bertz CT molecular complexity index is 370. The molecular formula is C8H9ClN2O2S. The molecule has 1 aliphatic carbocycles. The summed E-state index contributed by atoms with van der Waals surface area (Å²) < 4.78 is 21.5. The van der Waals surface area contributed by atoms with Crippen LogP contribution in [0.1, 0.15) is 13.3 Å². The van der Waals surface area contributed by atoms with Crippen molar-refractivity contribution >= 4 is 22.9 Å². The van der Waals surface area contributed by atoms with Crippen LogP contribution in [-0.4, -0.2) is 14.8 Å². The van der Waals surface area contributed by atoms with Gasteiger partial charge in [0.15, 0.2) is 0 Å². The molecule has 0 fully saturated rings. The average molecular weight is 233 g/mol. The summed E-state index contributed by atoms with van der Waals surface area (Å²) in [4.78, 5) is 0. The first-order valence-electron chi connectivity index (χ1n) is 3.89. The lowest BCUT2D eigenvalue weighted by Gasteiger charge is -2.18. The van der Waals surface area contributed by atoms with Crippen molar-refractivity contribution in [2.45, 2.75) is 19.4 Å².